The third-order valence-electron chi connectivity index (χ3n) is 4.92. The molecular weight excluding hydrogens is 238 g/mol. The summed E-state index contributed by atoms with van der Waals surface area (Å²) in [4.78, 5) is 2.65. The van der Waals surface area contributed by atoms with E-state index in [-0.39, 0.29) is 0 Å². The van der Waals surface area contributed by atoms with Gasteiger partial charge in [-0.25, -0.2) is 0 Å². The molecule has 2 heteroatoms. The molecular formula is C16H23NS. The van der Waals surface area contributed by atoms with Gasteiger partial charge in [-0.3, -0.25) is 0 Å². The first-order valence-corrected chi connectivity index (χ1v) is 7.83. The average molecular weight is 261 g/mol. The molecule has 0 amide bonds. The summed E-state index contributed by atoms with van der Waals surface area (Å²) in [5, 5.41) is 0. The highest BCUT2D eigenvalue weighted by Gasteiger charge is 2.39. The predicted molar refractivity (Wildman–Crippen MR) is 81.7 cm³/mol. The molecule has 0 saturated heterocycles. The second-order valence-corrected chi connectivity index (χ2v) is 6.47. The number of fused-ring (bicyclic) bond motifs is 1. The van der Waals surface area contributed by atoms with E-state index in [1.165, 1.54) is 49.9 Å². The van der Waals surface area contributed by atoms with Gasteiger partial charge in [0.15, 0.2) is 0 Å². The molecule has 2 aliphatic rings. The third kappa shape index (κ3) is 2.05. The van der Waals surface area contributed by atoms with E-state index in [9.17, 15) is 0 Å². The Morgan fingerprint density at radius 3 is 2.78 bits per heavy atom. The standard InChI is InChI=1S/C16H23NS/c1-13-7-8-14-5-2-3-6-15(14)17(13)11-16(12-18)9-4-10-16/h2-3,5-6,13,18H,4,7-12H2,1H3. The SMILES string of the molecule is CC1CCc2ccccc2N1CC1(CS)CCC1. The lowest BCUT2D eigenvalue weighted by Gasteiger charge is -2.48. The van der Waals surface area contributed by atoms with Gasteiger partial charge in [-0.15, -0.1) is 0 Å². The molecule has 0 spiro atoms. The summed E-state index contributed by atoms with van der Waals surface area (Å²) >= 11 is 4.61. The molecule has 1 aromatic rings. The molecule has 1 unspecified atom stereocenters. The highest BCUT2D eigenvalue weighted by Crippen LogP contribution is 2.44. The summed E-state index contributed by atoms with van der Waals surface area (Å²) in [6, 6.07) is 9.62. The van der Waals surface area contributed by atoms with Gasteiger partial charge in [0.2, 0.25) is 0 Å². The van der Waals surface area contributed by atoms with Crippen LogP contribution in [0.1, 0.15) is 38.2 Å². The highest BCUT2D eigenvalue weighted by molar-refractivity contribution is 7.80. The van der Waals surface area contributed by atoms with Crippen molar-refractivity contribution in [2.45, 2.75) is 45.1 Å². The molecule has 98 valence electrons. The van der Waals surface area contributed by atoms with E-state index in [1.54, 1.807) is 0 Å². The first-order valence-electron chi connectivity index (χ1n) is 7.19. The second-order valence-electron chi connectivity index (χ2n) is 6.16. The largest absolute Gasteiger partial charge is 0.368 e. The molecule has 1 fully saturated rings. The zero-order chi connectivity index (χ0) is 12.6. The predicted octanol–water partition coefficient (Wildman–Crippen LogP) is 3.93. The Kier molecular flexibility index (Phi) is 3.31. The highest BCUT2D eigenvalue weighted by atomic mass is 32.1. The lowest BCUT2D eigenvalue weighted by Crippen LogP contribution is -2.48. The minimum atomic E-state index is 0.488. The van der Waals surface area contributed by atoms with Crippen LogP contribution in [0.2, 0.25) is 0 Å². The van der Waals surface area contributed by atoms with Crippen LogP contribution in [0.25, 0.3) is 0 Å². The summed E-state index contributed by atoms with van der Waals surface area (Å²) < 4.78 is 0. The number of thiol groups is 1. The van der Waals surface area contributed by atoms with Crippen molar-refractivity contribution in [2.24, 2.45) is 5.41 Å². The minimum Gasteiger partial charge on any atom is -0.368 e. The van der Waals surface area contributed by atoms with Crippen LogP contribution in [0, 0.1) is 5.41 Å². The summed E-state index contributed by atoms with van der Waals surface area (Å²) in [6.45, 7) is 3.58. The zero-order valence-electron chi connectivity index (χ0n) is 11.2. The molecule has 1 saturated carbocycles. The van der Waals surface area contributed by atoms with Gasteiger partial charge < -0.3 is 4.90 Å². The molecule has 0 radical (unpaired) electrons. The molecule has 1 heterocycles. The quantitative estimate of drug-likeness (QED) is 0.807. The van der Waals surface area contributed by atoms with Crippen molar-refractivity contribution >= 4 is 18.3 Å². The van der Waals surface area contributed by atoms with E-state index in [0.717, 1.165) is 5.75 Å². The summed E-state index contributed by atoms with van der Waals surface area (Å²) in [5.41, 5.74) is 3.50. The van der Waals surface area contributed by atoms with Gasteiger partial charge in [0, 0.05) is 18.3 Å². The number of anilines is 1. The zero-order valence-corrected chi connectivity index (χ0v) is 12.1. The molecule has 1 aliphatic carbocycles. The molecule has 0 N–H and O–H groups in total. The minimum absolute atomic E-state index is 0.488. The maximum atomic E-state index is 4.61. The number of aryl methyl sites for hydroxylation is 1. The first-order chi connectivity index (χ1) is 8.74. The van der Waals surface area contributed by atoms with Crippen LogP contribution in [-0.4, -0.2) is 18.3 Å². The Labute approximate surface area is 116 Å². The van der Waals surface area contributed by atoms with Gasteiger partial charge in [-0.05, 0) is 55.4 Å². The molecule has 0 bridgehead atoms. The van der Waals surface area contributed by atoms with Crippen LogP contribution in [-0.2, 0) is 6.42 Å². The third-order valence-corrected chi connectivity index (χ3v) is 5.59. The Morgan fingerprint density at radius 2 is 2.11 bits per heavy atom. The maximum Gasteiger partial charge on any atom is 0.0401 e. The van der Waals surface area contributed by atoms with Crippen LogP contribution in [0.5, 0.6) is 0 Å². The van der Waals surface area contributed by atoms with Crippen molar-refractivity contribution in [1.29, 1.82) is 0 Å². The summed E-state index contributed by atoms with van der Waals surface area (Å²) in [7, 11) is 0. The van der Waals surface area contributed by atoms with E-state index < -0.39 is 0 Å². The monoisotopic (exact) mass is 261 g/mol. The number of benzene rings is 1. The summed E-state index contributed by atoms with van der Waals surface area (Å²) in [6.07, 6.45) is 6.65. The van der Waals surface area contributed by atoms with Gasteiger partial charge in [0.05, 0.1) is 0 Å². The average Bonchev–Trinajstić information content (AvgIpc) is 2.36. The molecule has 1 aliphatic heterocycles. The van der Waals surface area contributed by atoms with Crippen LogP contribution in [0.3, 0.4) is 0 Å². The number of hydrogen-bond donors (Lipinski definition) is 1. The fraction of sp³-hybridized carbons (Fsp3) is 0.625. The van der Waals surface area contributed by atoms with Crippen molar-refractivity contribution in [3.8, 4) is 0 Å². The first kappa shape index (κ1) is 12.4. The van der Waals surface area contributed by atoms with Crippen molar-refractivity contribution in [3.05, 3.63) is 29.8 Å². The van der Waals surface area contributed by atoms with E-state index in [1.807, 2.05) is 0 Å². The van der Waals surface area contributed by atoms with E-state index in [4.69, 9.17) is 0 Å². The lowest BCUT2D eigenvalue weighted by molar-refractivity contribution is 0.171. The van der Waals surface area contributed by atoms with Crippen LogP contribution in [0.15, 0.2) is 24.3 Å². The fourth-order valence-corrected chi connectivity index (χ4v) is 3.82. The second kappa shape index (κ2) is 4.80. The number of nitrogens with zero attached hydrogens (tertiary/aromatic N) is 1. The number of para-hydroxylation sites is 1. The maximum absolute atomic E-state index is 4.61. The Morgan fingerprint density at radius 1 is 1.33 bits per heavy atom. The summed E-state index contributed by atoms with van der Waals surface area (Å²) in [5.74, 6) is 1.04. The van der Waals surface area contributed by atoms with Gasteiger partial charge in [0.25, 0.3) is 0 Å². The molecule has 3 rings (SSSR count). The smallest absolute Gasteiger partial charge is 0.0401 e. The molecule has 18 heavy (non-hydrogen) atoms. The van der Waals surface area contributed by atoms with Crippen LogP contribution >= 0.6 is 12.6 Å². The van der Waals surface area contributed by atoms with Gasteiger partial charge in [0.1, 0.15) is 0 Å². The number of hydrogen-bond acceptors (Lipinski definition) is 2. The van der Waals surface area contributed by atoms with Gasteiger partial charge >= 0.3 is 0 Å². The molecule has 1 atom stereocenters. The molecule has 0 aromatic heterocycles. The topological polar surface area (TPSA) is 3.24 Å². The Hall–Kier alpha value is -0.630. The fourth-order valence-electron chi connectivity index (χ4n) is 3.41. The van der Waals surface area contributed by atoms with Crippen molar-refractivity contribution in [3.63, 3.8) is 0 Å². The van der Waals surface area contributed by atoms with Gasteiger partial charge in [-0.2, -0.15) is 12.6 Å². The van der Waals surface area contributed by atoms with Crippen molar-refractivity contribution < 1.29 is 0 Å². The van der Waals surface area contributed by atoms with Crippen molar-refractivity contribution in [1.82, 2.24) is 0 Å². The van der Waals surface area contributed by atoms with Crippen LogP contribution < -0.4 is 4.90 Å². The van der Waals surface area contributed by atoms with E-state index in [0.29, 0.717) is 11.5 Å². The lowest BCUT2D eigenvalue weighted by atomic mass is 9.69. The molecule has 1 aromatic carbocycles. The van der Waals surface area contributed by atoms with Crippen LogP contribution in [0.4, 0.5) is 5.69 Å². The molecule has 1 nitrogen and oxygen atoms in total. The van der Waals surface area contributed by atoms with Crippen molar-refractivity contribution in [2.75, 3.05) is 17.2 Å². The normalized spacial score (nSPS) is 25.4. The van der Waals surface area contributed by atoms with E-state index in [2.05, 4.69) is 48.7 Å². The number of rotatable bonds is 3. The van der Waals surface area contributed by atoms with Gasteiger partial charge in [-0.1, -0.05) is 24.6 Å². The Balaban J connectivity index is 1.86. The van der Waals surface area contributed by atoms with E-state index >= 15 is 0 Å². The Bertz CT molecular complexity index is 419.